The molecule has 3 rings (SSSR count). The number of hydrogen-bond acceptors (Lipinski definition) is 3. The highest BCUT2D eigenvalue weighted by molar-refractivity contribution is 5.78. The minimum atomic E-state index is -0.557. The van der Waals surface area contributed by atoms with Gasteiger partial charge in [0.25, 0.3) is 5.56 Å². The van der Waals surface area contributed by atoms with E-state index in [4.69, 9.17) is 0 Å². The molecule has 0 unspecified atom stereocenters. The van der Waals surface area contributed by atoms with Crippen LogP contribution >= 0.6 is 0 Å². The smallest absolute Gasteiger partial charge is 0.328 e. The summed E-state index contributed by atoms with van der Waals surface area (Å²) in [6.45, 7) is 0.267. The van der Waals surface area contributed by atoms with E-state index >= 15 is 0 Å². The molecule has 1 heterocycles. The van der Waals surface area contributed by atoms with Gasteiger partial charge in [-0.1, -0.05) is 30.3 Å². The first kappa shape index (κ1) is 17.6. The molecule has 0 spiro atoms. The Morgan fingerprint density at radius 3 is 2.58 bits per heavy atom. The average Bonchev–Trinajstić information content (AvgIpc) is 2.63. The first-order valence-electron chi connectivity index (χ1n) is 8.16. The van der Waals surface area contributed by atoms with E-state index in [1.807, 2.05) is 0 Å². The summed E-state index contributed by atoms with van der Waals surface area (Å²) in [6, 6.07) is 13.0. The van der Waals surface area contributed by atoms with Crippen LogP contribution in [0.4, 0.5) is 4.39 Å². The molecule has 0 bridgehead atoms. The Morgan fingerprint density at radius 2 is 1.81 bits per heavy atom. The highest BCUT2D eigenvalue weighted by Crippen LogP contribution is 2.11. The van der Waals surface area contributed by atoms with Gasteiger partial charge >= 0.3 is 5.69 Å². The van der Waals surface area contributed by atoms with Crippen molar-refractivity contribution in [3.8, 4) is 0 Å². The molecule has 1 aromatic heterocycles. The number of hydrogen-bond donors (Lipinski definition) is 1. The molecule has 7 heteroatoms. The van der Waals surface area contributed by atoms with Crippen LogP contribution in [0.1, 0.15) is 12.0 Å². The van der Waals surface area contributed by atoms with Gasteiger partial charge in [-0.05, 0) is 18.2 Å². The lowest BCUT2D eigenvalue weighted by molar-refractivity contribution is -0.130. The quantitative estimate of drug-likeness (QED) is 0.759. The Bertz CT molecular complexity index is 1070. The van der Waals surface area contributed by atoms with Crippen LogP contribution in [-0.2, 0) is 17.9 Å². The van der Waals surface area contributed by atoms with Crippen molar-refractivity contribution in [1.29, 1.82) is 0 Å². The summed E-state index contributed by atoms with van der Waals surface area (Å²) in [5.74, 6) is -0.592. The standard InChI is InChI=1S/C19H18FN3O3/c1-22(12-13-6-2-4-8-15(13)20)17(24)10-11-23-16-9-5-3-7-14(16)18(25)21-19(23)26/h2-9H,10-12H2,1H3,(H,21,25,26). The van der Waals surface area contributed by atoms with Crippen molar-refractivity contribution in [3.05, 3.63) is 80.7 Å². The lowest BCUT2D eigenvalue weighted by Gasteiger charge is -2.18. The number of fused-ring (bicyclic) bond motifs is 1. The molecule has 6 nitrogen and oxygen atoms in total. The minimum Gasteiger partial charge on any atom is -0.341 e. The molecule has 0 saturated heterocycles. The maximum atomic E-state index is 13.7. The number of para-hydroxylation sites is 1. The van der Waals surface area contributed by atoms with Crippen LogP contribution in [0.25, 0.3) is 10.9 Å². The minimum absolute atomic E-state index is 0.0564. The van der Waals surface area contributed by atoms with Crippen molar-refractivity contribution < 1.29 is 9.18 Å². The Kier molecular flexibility index (Phi) is 4.97. The zero-order valence-corrected chi connectivity index (χ0v) is 14.2. The van der Waals surface area contributed by atoms with E-state index < -0.39 is 11.2 Å². The molecule has 0 fully saturated rings. The summed E-state index contributed by atoms with van der Waals surface area (Å²) in [6.07, 6.45) is 0.0564. The molecule has 0 aliphatic rings. The molecule has 3 aromatic rings. The highest BCUT2D eigenvalue weighted by Gasteiger charge is 2.13. The zero-order valence-electron chi connectivity index (χ0n) is 14.2. The second-order valence-electron chi connectivity index (χ2n) is 6.02. The summed E-state index contributed by atoms with van der Waals surface area (Å²) >= 11 is 0. The Labute approximate surface area is 148 Å². The maximum absolute atomic E-state index is 13.7. The van der Waals surface area contributed by atoms with Crippen LogP contribution in [0.2, 0.25) is 0 Å². The zero-order chi connectivity index (χ0) is 18.7. The number of benzene rings is 2. The lowest BCUT2D eigenvalue weighted by atomic mass is 10.2. The molecule has 1 amide bonds. The van der Waals surface area contributed by atoms with Gasteiger partial charge in [-0.15, -0.1) is 0 Å². The number of halogens is 1. The van der Waals surface area contributed by atoms with Gasteiger partial charge in [-0.2, -0.15) is 0 Å². The number of rotatable bonds is 5. The van der Waals surface area contributed by atoms with E-state index in [-0.39, 0.29) is 31.2 Å². The summed E-state index contributed by atoms with van der Waals surface area (Å²) in [5, 5.41) is 0.388. The Balaban J connectivity index is 1.76. The number of aromatic amines is 1. The second-order valence-corrected chi connectivity index (χ2v) is 6.02. The van der Waals surface area contributed by atoms with Crippen LogP contribution in [0.3, 0.4) is 0 Å². The van der Waals surface area contributed by atoms with Crippen molar-refractivity contribution >= 4 is 16.8 Å². The number of carbonyl (C=O) groups is 1. The van der Waals surface area contributed by atoms with Crippen LogP contribution in [0.15, 0.2) is 58.1 Å². The SMILES string of the molecule is CN(Cc1ccccc1F)C(=O)CCn1c(=O)[nH]c(=O)c2ccccc21. The van der Waals surface area contributed by atoms with Gasteiger partial charge < -0.3 is 4.90 Å². The Morgan fingerprint density at radius 1 is 1.12 bits per heavy atom. The fourth-order valence-electron chi connectivity index (χ4n) is 2.83. The molecule has 0 saturated carbocycles. The van der Waals surface area contributed by atoms with Crippen LogP contribution in [0.5, 0.6) is 0 Å². The van der Waals surface area contributed by atoms with Crippen molar-refractivity contribution in [2.45, 2.75) is 19.5 Å². The molecule has 134 valence electrons. The topological polar surface area (TPSA) is 75.2 Å². The summed E-state index contributed by atoms with van der Waals surface area (Å²) in [7, 11) is 1.59. The third-order valence-corrected chi connectivity index (χ3v) is 4.25. The summed E-state index contributed by atoms with van der Waals surface area (Å²) in [4.78, 5) is 40.0. The number of H-pyrrole nitrogens is 1. The van der Waals surface area contributed by atoms with Gasteiger partial charge in [-0.25, -0.2) is 9.18 Å². The van der Waals surface area contributed by atoms with Gasteiger partial charge in [0, 0.05) is 32.1 Å². The number of carbonyl (C=O) groups excluding carboxylic acids is 1. The van der Waals surface area contributed by atoms with Crippen LogP contribution < -0.4 is 11.2 Å². The third kappa shape index (κ3) is 3.56. The van der Waals surface area contributed by atoms with E-state index in [0.717, 1.165) is 0 Å². The number of nitrogens with zero attached hydrogens (tertiary/aromatic N) is 2. The van der Waals surface area contributed by atoms with E-state index in [1.165, 1.54) is 15.5 Å². The van der Waals surface area contributed by atoms with E-state index in [2.05, 4.69) is 4.98 Å². The Hall–Kier alpha value is -3.22. The molecule has 0 atom stereocenters. The van der Waals surface area contributed by atoms with Gasteiger partial charge in [0.15, 0.2) is 0 Å². The monoisotopic (exact) mass is 355 g/mol. The molecular weight excluding hydrogens is 337 g/mol. The second kappa shape index (κ2) is 7.35. The van der Waals surface area contributed by atoms with Crippen molar-refractivity contribution in [2.24, 2.45) is 0 Å². The largest absolute Gasteiger partial charge is 0.341 e. The van der Waals surface area contributed by atoms with E-state index in [1.54, 1.807) is 49.5 Å². The van der Waals surface area contributed by atoms with Gasteiger partial charge in [0.2, 0.25) is 5.91 Å². The van der Waals surface area contributed by atoms with Crippen molar-refractivity contribution in [2.75, 3.05) is 7.05 Å². The van der Waals surface area contributed by atoms with E-state index in [0.29, 0.717) is 16.5 Å². The molecule has 0 aliphatic heterocycles. The first-order chi connectivity index (χ1) is 12.5. The lowest BCUT2D eigenvalue weighted by Crippen LogP contribution is -2.33. The fraction of sp³-hybridized carbons (Fsp3) is 0.211. The van der Waals surface area contributed by atoms with Gasteiger partial charge in [0.1, 0.15) is 5.82 Å². The predicted octanol–water partition coefficient (Wildman–Crippen LogP) is 1.88. The predicted molar refractivity (Wildman–Crippen MR) is 96.3 cm³/mol. The fourth-order valence-corrected chi connectivity index (χ4v) is 2.83. The third-order valence-electron chi connectivity index (χ3n) is 4.25. The summed E-state index contributed by atoms with van der Waals surface area (Å²) < 4.78 is 15.1. The van der Waals surface area contributed by atoms with Gasteiger partial charge in [0.05, 0.1) is 10.9 Å². The van der Waals surface area contributed by atoms with Crippen molar-refractivity contribution in [1.82, 2.24) is 14.5 Å². The normalized spacial score (nSPS) is 10.8. The number of aryl methyl sites for hydroxylation is 1. The van der Waals surface area contributed by atoms with Gasteiger partial charge in [-0.3, -0.25) is 19.1 Å². The average molecular weight is 355 g/mol. The molecule has 2 aromatic carbocycles. The van der Waals surface area contributed by atoms with Crippen molar-refractivity contribution in [3.63, 3.8) is 0 Å². The number of nitrogens with one attached hydrogen (secondary N) is 1. The maximum Gasteiger partial charge on any atom is 0.328 e. The molecular formula is C19H18FN3O3. The van der Waals surface area contributed by atoms with Crippen LogP contribution in [-0.4, -0.2) is 27.4 Å². The molecule has 0 aliphatic carbocycles. The van der Waals surface area contributed by atoms with E-state index in [9.17, 15) is 18.8 Å². The molecule has 0 radical (unpaired) electrons. The number of amides is 1. The molecule has 1 N–H and O–H groups in total. The van der Waals surface area contributed by atoms with Crippen LogP contribution in [0, 0.1) is 5.82 Å². The molecule has 26 heavy (non-hydrogen) atoms. The number of aromatic nitrogens is 2. The summed E-state index contributed by atoms with van der Waals surface area (Å²) in [5.41, 5.74) is -0.107. The highest BCUT2D eigenvalue weighted by atomic mass is 19.1. The first-order valence-corrected chi connectivity index (χ1v) is 8.16.